The van der Waals surface area contributed by atoms with Crippen LogP contribution < -0.4 is 11.1 Å². The highest BCUT2D eigenvalue weighted by atomic mass is 16.6. The molecule has 0 aliphatic rings. The van der Waals surface area contributed by atoms with E-state index >= 15 is 0 Å². The minimum atomic E-state index is -1.14. The number of nitrogens with one attached hydrogen (secondary N) is 1. The number of aliphatic hydroxyl groups is 1. The van der Waals surface area contributed by atoms with E-state index in [1.54, 1.807) is 11.9 Å². The lowest BCUT2D eigenvalue weighted by molar-refractivity contribution is -0.138. The molecule has 0 fully saturated rings. The van der Waals surface area contributed by atoms with Gasteiger partial charge in [-0.05, 0) is 12.6 Å². The van der Waals surface area contributed by atoms with Crippen molar-refractivity contribution in [2.75, 3.05) is 20.1 Å². The summed E-state index contributed by atoms with van der Waals surface area (Å²) in [5.41, 5.74) is 5.76. The fraction of sp³-hybridized carbons (Fsp3) is 0.385. The molecule has 0 spiro atoms. The summed E-state index contributed by atoms with van der Waals surface area (Å²) >= 11 is 0. The van der Waals surface area contributed by atoms with Gasteiger partial charge < -0.3 is 15.6 Å². The molecule has 1 atom stereocenters. The second-order valence-electron chi connectivity index (χ2n) is 4.25. The van der Waals surface area contributed by atoms with Crippen molar-refractivity contribution < 1.29 is 19.4 Å². The first kappa shape index (κ1) is 16.1. The highest BCUT2D eigenvalue weighted by molar-refractivity contribution is 5.84. The fourth-order valence-electron chi connectivity index (χ4n) is 1.69. The van der Waals surface area contributed by atoms with E-state index in [2.05, 4.69) is 10.1 Å². The number of ether oxygens (including phenoxy) is 1. The summed E-state index contributed by atoms with van der Waals surface area (Å²) in [7, 11) is 1.60. The predicted molar refractivity (Wildman–Crippen MR) is 72.5 cm³/mol. The Morgan fingerprint density at radius 2 is 2.05 bits per heavy atom. The molecule has 7 heteroatoms. The molecule has 0 bridgehead atoms. The SMILES string of the molecule is CNC(O)CN(CC(=O)OC(N)=O)Cc1ccccc1. The Hall–Kier alpha value is -1.96. The molecule has 1 aromatic rings. The number of nitrogens with two attached hydrogens (primary N) is 1. The van der Waals surface area contributed by atoms with Gasteiger partial charge in [-0.15, -0.1) is 0 Å². The zero-order valence-corrected chi connectivity index (χ0v) is 11.3. The van der Waals surface area contributed by atoms with Gasteiger partial charge in [0.05, 0.1) is 6.54 Å². The van der Waals surface area contributed by atoms with Crippen molar-refractivity contribution in [2.24, 2.45) is 5.73 Å². The summed E-state index contributed by atoms with van der Waals surface area (Å²) in [6, 6.07) is 9.45. The largest absolute Gasteiger partial charge is 0.412 e. The minimum Gasteiger partial charge on any atom is -0.377 e. The Labute approximate surface area is 117 Å². The first-order valence-electron chi connectivity index (χ1n) is 6.13. The third-order valence-electron chi connectivity index (χ3n) is 2.58. The van der Waals surface area contributed by atoms with Gasteiger partial charge in [0.2, 0.25) is 0 Å². The summed E-state index contributed by atoms with van der Waals surface area (Å²) in [4.78, 5) is 23.6. The Morgan fingerprint density at radius 3 is 2.60 bits per heavy atom. The van der Waals surface area contributed by atoms with Gasteiger partial charge in [-0.3, -0.25) is 15.0 Å². The van der Waals surface area contributed by atoms with E-state index in [-0.39, 0.29) is 13.1 Å². The van der Waals surface area contributed by atoms with Gasteiger partial charge >= 0.3 is 12.1 Å². The molecule has 110 valence electrons. The van der Waals surface area contributed by atoms with E-state index in [1.807, 2.05) is 30.3 Å². The number of likely N-dealkylation sites (N-methyl/N-ethyl adjacent to an activating group) is 1. The van der Waals surface area contributed by atoms with Crippen LogP contribution in [0.3, 0.4) is 0 Å². The zero-order valence-electron chi connectivity index (χ0n) is 11.3. The standard InChI is InChI=1S/C13H19N3O4/c1-15-11(17)8-16(9-12(18)20-13(14)19)7-10-5-3-2-4-6-10/h2-6,11,15,17H,7-9H2,1H3,(H2,14,19). The number of benzene rings is 1. The highest BCUT2D eigenvalue weighted by Gasteiger charge is 2.17. The van der Waals surface area contributed by atoms with E-state index in [4.69, 9.17) is 5.73 Å². The van der Waals surface area contributed by atoms with Crippen LogP contribution in [0, 0.1) is 0 Å². The zero-order chi connectivity index (χ0) is 15.0. The molecular formula is C13H19N3O4. The Morgan fingerprint density at radius 1 is 1.40 bits per heavy atom. The fourth-order valence-corrected chi connectivity index (χ4v) is 1.69. The van der Waals surface area contributed by atoms with Crippen LogP contribution in [0.15, 0.2) is 30.3 Å². The number of aliphatic hydroxyl groups excluding tert-OH is 1. The topological polar surface area (TPSA) is 105 Å². The van der Waals surface area contributed by atoms with Crippen LogP contribution in [-0.2, 0) is 16.1 Å². The number of carbonyl (C=O) groups excluding carboxylic acids is 2. The maximum atomic E-state index is 11.5. The molecule has 0 saturated heterocycles. The molecule has 7 nitrogen and oxygen atoms in total. The van der Waals surface area contributed by atoms with Crippen LogP contribution in [0.1, 0.15) is 5.56 Å². The highest BCUT2D eigenvalue weighted by Crippen LogP contribution is 2.05. The number of hydrogen-bond acceptors (Lipinski definition) is 6. The second-order valence-corrected chi connectivity index (χ2v) is 4.25. The molecule has 0 aliphatic heterocycles. The number of primary amides is 1. The van der Waals surface area contributed by atoms with Crippen LogP contribution in [0.2, 0.25) is 0 Å². The van der Waals surface area contributed by atoms with Crippen molar-refractivity contribution in [3.05, 3.63) is 35.9 Å². The van der Waals surface area contributed by atoms with Gasteiger partial charge in [-0.1, -0.05) is 30.3 Å². The van der Waals surface area contributed by atoms with Crippen molar-refractivity contribution in [3.8, 4) is 0 Å². The van der Waals surface area contributed by atoms with Crippen LogP contribution >= 0.6 is 0 Å². The third-order valence-corrected chi connectivity index (χ3v) is 2.58. The summed E-state index contributed by atoms with van der Waals surface area (Å²) in [6.45, 7) is 0.503. The molecule has 1 rings (SSSR count). The molecular weight excluding hydrogens is 262 g/mol. The van der Waals surface area contributed by atoms with Crippen LogP contribution in [0.5, 0.6) is 0 Å². The Bertz CT molecular complexity index is 439. The number of rotatable bonds is 7. The molecule has 0 saturated carbocycles. The lowest BCUT2D eigenvalue weighted by atomic mass is 10.2. The summed E-state index contributed by atoms with van der Waals surface area (Å²) in [5, 5.41) is 12.3. The third kappa shape index (κ3) is 6.28. The quantitative estimate of drug-likeness (QED) is 0.358. The molecule has 1 amide bonds. The number of amides is 1. The number of carbonyl (C=O) groups is 2. The van der Waals surface area contributed by atoms with Gasteiger partial charge in [0.15, 0.2) is 0 Å². The van der Waals surface area contributed by atoms with E-state index in [0.717, 1.165) is 5.56 Å². The first-order valence-corrected chi connectivity index (χ1v) is 6.13. The first-order chi connectivity index (χ1) is 9.51. The van der Waals surface area contributed by atoms with Crippen molar-refractivity contribution in [1.29, 1.82) is 0 Å². The average Bonchev–Trinajstić information content (AvgIpc) is 2.38. The van der Waals surface area contributed by atoms with E-state index in [0.29, 0.717) is 6.54 Å². The van der Waals surface area contributed by atoms with Crippen molar-refractivity contribution in [3.63, 3.8) is 0 Å². The van der Waals surface area contributed by atoms with Crippen LogP contribution in [-0.4, -0.2) is 48.4 Å². The summed E-state index contributed by atoms with van der Waals surface area (Å²) < 4.78 is 4.29. The molecule has 0 aliphatic carbocycles. The van der Waals surface area contributed by atoms with Gasteiger partial charge in [-0.2, -0.15) is 0 Å². The molecule has 20 heavy (non-hydrogen) atoms. The second kappa shape index (κ2) is 8.26. The van der Waals surface area contributed by atoms with Crippen molar-refractivity contribution in [1.82, 2.24) is 10.2 Å². The molecule has 1 unspecified atom stereocenters. The minimum absolute atomic E-state index is 0.142. The van der Waals surface area contributed by atoms with E-state index in [9.17, 15) is 14.7 Å². The van der Waals surface area contributed by atoms with Gasteiger partial charge in [0.1, 0.15) is 6.23 Å². The lowest BCUT2D eigenvalue weighted by Crippen LogP contribution is -2.42. The maximum Gasteiger partial charge on any atom is 0.412 e. The molecule has 0 heterocycles. The molecule has 0 aromatic heterocycles. The van der Waals surface area contributed by atoms with E-state index in [1.165, 1.54) is 0 Å². The predicted octanol–water partition coefficient (Wildman–Crippen LogP) is -0.352. The Kier molecular flexibility index (Phi) is 6.65. The lowest BCUT2D eigenvalue weighted by Gasteiger charge is -2.23. The smallest absolute Gasteiger partial charge is 0.377 e. The summed E-state index contributed by atoms with van der Waals surface area (Å²) in [6.07, 6.45) is -1.93. The molecule has 4 N–H and O–H groups in total. The number of hydrogen-bond donors (Lipinski definition) is 3. The van der Waals surface area contributed by atoms with Crippen molar-refractivity contribution in [2.45, 2.75) is 12.8 Å². The number of esters is 1. The van der Waals surface area contributed by atoms with Crippen LogP contribution in [0.25, 0.3) is 0 Å². The van der Waals surface area contributed by atoms with E-state index < -0.39 is 18.3 Å². The van der Waals surface area contributed by atoms with Gasteiger partial charge in [-0.25, -0.2) is 4.79 Å². The monoisotopic (exact) mass is 281 g/mol. The normalized spacial score (nSPS) is 12.2. The van der Waals surface area contributed by atoms with Crippen LogP contribution in [0.4, 0.5) is 4.79 Å². The molecule has 1 aromatic carbocycles. The molecule has 0 radical (unpaired) electrons. The average molecular weight is 281 g/mol. The maximum absolute atomic E-state index is 11.5. The van der Waals surface area contributed by atoms with Gasteiger partial charge in [0.25, 0.3) is 0 Å². The van der Waals surface area contributed by atoms with Gasteiger partial charge in [0, 0.05) is 13.1 Å². The van der Waals surface area contributed by atoms with Crippen molar-refractivity contribution >= 4 is 12.1 Å². The Balaban J connectivity index is 2.64. The summed E-state index contributed by atoms with van der Waals surface area (Å²) in [5.74, 6) is -0.753. The number of nitrogens with zero attached hydrogens (tertiary/aromatic N) is 1.